The number of aromatic amines is 1. The first-order valence-corrected chi connectivity index (χ1v) is 6.82. The second kappa shape index (κ2) is 6.83. The van der Waals surface area contributed by atoms with Crippen molar-refractivity contribution >= 4 is 0 Å². The fourth-order valence-electron chi connectivity index (χ4n) is 1.99. The molecule has 0 atom stereocenters. The Morgan fingerprint density at radius 2 is 1.84 bits per heavy atom. The molecule has 1 heterocycles. The summed E-state index contributed by atoms with van der Waals surface area (Å²) in [5, 5.41) is 8.16. The van der Waals surface area contributed by atoms with Crippen molar-refractivity contribution in [2.45, 2.75) is 39.0 Å². The topological polar surface area (TPSA) is 58.6 Å². The van der Waals surface area contributed by atoms with E-state index in [9.17, 15) is 4.79 Å². The summed E-state index contributed by atoms with van der Waals surface area (Å²) in [5.41, 5.74) is 1.03. The molecule has 0 aliphatic heterocycles. The fraction of sp³-hybridized carbons (Fsp3) is 0.400. The van der Waals surface area contributed by atoms with Crippen molar-refractivity contribution in [1.82, 2.24) is 15.2 Å². The fourth-order valence-corrected chi connectivity index (χ4v) is 1.99. The monoisotopic (exact) mass is 257 g/mol. The first kappa shape index (κ1) is 13.5. The van der Waals surface area contributed by atoms with Gasteiger partial charge in [0.2, 0.25) is 0 Å². The quantitative estimate of drug-likeness (QED) is 0.809. The number of benzene rings is 1. The summed E-state index contributed by atoms with van der Waals surface area (Å²) in [7, 11) is 0. The van der Waals surface area contributed by atoms with Crippen molar-refractivity contribution in [3.63, 3.8) is 0 Å². The zero-order valence-corrected chi connectivity index (χ0v) is 11.2. The Kier molecular flexibility index (Phi) is 4.84. The lowest BCUT2D eigenvalue weighted by atomic mass is 10.1. The largest absolute Gasteiger partial charge is 0.307 e. The zero-order valence-electron chi connectivity index (χ0n) is 11.2. The number of hydrogen-bond acceptors (Lipinski definition) is 3. The van der Waals surface area contributed by atoms with E-state index in [1.165, 1.54) is 19.3 Å². The molecular formula is C15H19N3O. The lowest BCUT2D eigenvalue weighted by molar-refractivity contribution is 0.644. The Balaban J connectivity index is 2.08. The van der Waals surface area contributed by atoms with Crippen LogP contribution >= 0.6 is 0 Å². The van der Waals surface area contributed by atoms with Crippen molar-refractivity contribution in [1.29, 1.82) is 0 Å². The van der Waals surface area contributed by atoms with Gasteiger partial charge in [-0.2, -0.15) is 0 Å². The van der Waals surface area contributed by atoms with Crippen LogP contribution in [0.5, 0.6) is 0 Å². The Bertz CT molecular complexity index is 563. The van der Waals surface area contributed by atoms with E-state index >= 15 is 0 Å². The van der Waals surface area contributed by atoms with Crippen molar-refractivity contribution in [3.8, 4) is 11.3 Å². The van der Waals surface area contributed by atoms with Crippen LogP contribution in [0.3, 0.4) is 0 Å². The summed E-state index contributed by atoms with van der Waals surface area (Å²) in [6.07, 6.45) is 5.43. The predicted octanol–water partition coefficient (Wildman–Crippen LogP) is 2.95. The smallest absolute Gasteiger partial charge is 0.277 e. The molecule has 1 aromatic heterocycles. The molecule has 0 fully saturated rings. The summed E-state index contributed by atoms with van der Waals surface area (Å²) in [6.45, 7) is 2.18. The molecule has 1 N–H and O–H groups in total. The van der Waals surface area contributed by atoms with Crippen LogP contribution in [0.1, 0.15) is 38.4 Å². The number of nitrogens with one attached hydrogen (secondary N) is 1. The predicted molar refractivity (Wildman–Crippen MR) is 75.9 cm³/mol. The molecule has 2 aromatic rings. The number of unbranched alkanes of at least 4 members (excludes halogenated alkanes) is 3. The van der Waals surface area contributed by atoms with Crippen LogP contribution in [0.2, 0.25) is 0 Å². The molecule has 0 radical (unpaired) electrons. The number of aryl methyl sites for hydroxylation is 1. The molecule has 0 aliphatic rings. The van der Waals surface area contributed by atoms with E-state index in [1.807, 2.05) is 30.3 Å². The molecule has 100 valence electrons. The van der Waals surface area contributed by atoms with E-state index in [-0.39, 0.29) is 5.56 Å². The van der Waals surface area contributed by atoms with Gasteiger partial charge in [0.1, 0.15) is 5.82 Å². The molecule has 0 spiro atoms. The third-order valence-electron chi connectivity index (χ3n) is 3.06. The molecule has 0 bridgehead atoms. The molecule has 19 heavy (non-hydrogen) atoms. The highest BCUT2D eigenvalue weighted by atomic mass is 16.1. The van der Waals surface area contributed by atoms with E-state index in [0.717, 1.165) is 18.4 Å². The maximum atomic E-state index is 12.0. The molecule has 0 amide bonds. The second-order valence-electron chi connectivity index (χ2n) is 4.63. The summed E-state index contributed by atoms with van der Waals surface area (Å²) in [5.74, 6) is 0.681. The lowest BCUT2D eigenvalue weighted by Gasteiger charge is -2.02. The van der Waals surface area contributed by atoms with Crippen LogP contribution in [0.25, 0.3) is 11.3 Å². The van der Waals surface area contributed by atoms with Gasteiger partial charge in [0.15, 0.2) is 5.69 Å². The van der Waals surface area contributed by atoms with E-state index in [4.69, 9.17) is 0 Å². The Morgan fingerprint density at radius 3 is 2.53 bits per heavy atom. The number of hydrogen-bond donors (Lipinski definition) is 1. The molecule has 2 rings (SSSR count). The number of aromatic nitrogens is 3. The van der Waals surface area contributed by atoms with Gasteiger partial charge < -0.3 is 4.98 Å². The van der Waals surface area contributed by atoms with Gasteiger partial charge >= 0.3 is 0 Å². The molecule has 4 heteroatoms. The molecule has 0 unspecified atom stereocenters. The average molecular weight is 257 g/mol. The van der Waals surface area contributed by atoms with Gasteiger partial charge in [0, 0.05) is 12.0 Å². The van der Waals surface area contributed by atoms with Gasteiger partial charge in [0.05, 0.1) is 0 Å². The minimum Gasteiger partial charge on any atom is -0.307 e. The van der Waals surface area contributed by atoms with E-state index in [1.54, 1.807) is 0 Å². The Labute approximate surface area is 112 Å². The van der Waals surface area contributed by atoms with Gasteiger partial charge in [-0.1, -0.05) is 56.5 Å². The standard InChI is InChI=1S/C15H19N3O/c1-2-3-4-8-11-13-16-15(19)14(18-17-13)12-9-6-5-7-10-12/h5-7,9-10H,2-4,8,11H2,1H3,(H,16,17,19). The number of H-pyrrole nitrogens is 1. The highest BCUT2D eigenvalue weighted by Gasteiger charge is 2.06. The maximum Gasteiger partial charge on any atom is 0.277 e. The van der Waals surface area contributed by atoms with Crippen LogP contribution in [0.4, 0.5) is 0 Å². The van der Waals surface area contributed by atoms with Gasteiger partial charge in [-0.25, -0.2) is 0 Å². The highest BCUT2D eigenvalue weighted by Crippen LogP contribution is 2.10. The summed E-state index contributed by atoms with van der Waals surface area (Å²) in [6, 6.07) is 9.40. The Hall–Kier alpha value is -1.97. The zero-order chi connectivity index (χ0) is 13.5. The lowest BCUT2D eigenvalue weighted by Crippen LogP contribution is -2.16. The van der Waals surface area contributed by atoms with E-state index in [2.05, 4.69) is 22.1 Å². The summed E-state index contributed by atoms with van der Waals surface area (Å²) < 4.78 is 0. The van der Waals surface area contributed by atoms with Gasteiger partial charge in [0.25, 0.3) is 5.56 Å². The molecule has 0 aliphatic carbocycles. The SMILES string of the molecule is CCCCCCc1nnc(-c2ccccc2)c(=O)[nH]1. The number of nitrogens with zero attached hydrogens (tertiary/aromatic N) is 2. The van der Waals surface area contributed by atoms with Crippen LogP contribution < -0.4 is 5.56 Å². The second-order valence-corrected chi connectivity index (χ2v) is 4.63. The van der Waals surface area contributed by atoms with E-state index < -0.39 is 0 Å². The van der Waals surface area contributed by atoms with E-state index in [0.29, 0.717) is 11.5 Å². The molecule has 4 nitrogen and oxygen atoms in total. The maximum absolute atomic E-state index is 12.0. The third kappa shape index (κ3) is 3.74. The summed E-state index contributed by atoms with van der Waals surface area (Å²) in [4.78, 5) is 14.8. The minimum absolute atomic E-state index is 0.160. The Morgan fingerprint density at radius 1 is 1.05 bits per heavy atom. The number of rotatable bonds is 6. The molecule has 1 aromatic carbocycles. The molecular weight excluding hydrogens is 238 g/mol. The van der Waals surface area contributed by atoms with Crippen LogP contribution in [-0.4, -0.2) is 15.2 Å². The van der Waals surface area contributed by atoms with Crippen molar-refractivity contribution in [2.24, 2.45) is 0 Å². The first-order valence-electron chi connectivity index (χ1n) is 6.82. The third-order valence-corrected chi connectivity index (χ3v) is 3.06. The molecule has 0 saturated heterocycles. The van der Waals surface area contributed by atoms with Crippen LogP contribution in [0, 0.1) is 0 Å². The normalized spacial score (nSPS) is 10.6. The van der Waals surface area contributed by atoms with Crippen molar-refractivity contribution in [3.05, 3.63) is 46.5 Å². The highest BCUT2D eigenvalue weighted by molar-refractivity contribution is 5.56. The molecule has 0 saturated carbocycles. The van der Waals surface area contributed by atoms with Crippen LogP contribution in [0.15, 0.2) is 35.1 Å². The summed E-state index contributed by atoms with van der Waals surface area (Å²) >= 11 is 0. The van der Waals surface area contributed by atoms with Crippen molar-refractivity contribution < 1.29 is 0 Å². The minimum atomic E-state index is -0.160. The van der Waals surface area contributed by atoms with Gasteiger partial charge in [-0.3, -0.25) is 4.79 Å². The average Bonchev–Trinajstić information content (AvgIpc) is 2.45. The first-order chi connectivity index (χ1) is 9.31. The van der Waals surface area contributed by atoms with Crippen molar-refractivity contribution in [2.75, 3.05) is 0 Å². The van der Waals surface area contributed by atoms with Gasteiger partial charge in [-0.15, -0.1) is 10.2 Å². The van der Waals surface area contributed by atoms with Gasteiger partial charge in [-0.05, 0) is 6.42 Å². The van der Waals surface area contributed by atoms with Crippen LogP contribution in [-0.2, 0) is 6.42 Å².